The highest BCUT2D eigenvalue weighted by Gasteiger charge is 2.26. The lowest BCUT2D eigenvalue weighted by atomic mass is 10.0. The summed E-state index contributed by atoms with van der Waals surface area (Å²) in [6.45, 7) is 3.01. The monoisotopic (exact) mass is 329 g/mol. The van der Waals surface area contributed by atoms with Gasteiger partial charge in [0, 0.05) is 31.5 Å². The fourth-order valence-corrected chi connectivity index (χ4v) is 3.53. The van der Waals surface area contributed by atoms with Gasteiger partial charge in [-0.25, -0.2) is 0 Å². The number of likely N-dealkylation sites (tertiary alicyclic amines) is 1. The minimum absolute atomic E-state index is 0.493. The zero-order valence-electron chi connectivity index (χ0n) is 13.9. The second-order valence-corrected chi connectivity index (χ2v) is 6.98. The third-order valence-electron chi connectivity index (χ3n) is 4.46. The van der Waals surface area contributed by atoms with E-state index in [1.807, 2.05) is 12.3 Å². The minimum Gasteiger partial charge on any atom is -0.305 e. The summed E-state index contributed by atoms with van der Waals surface area (Å²) in [4.78, 5) is 8.80. The van der Waals surface area contributed by atoms with Crippen LogP contribution in [0.4, 0.5) is 0 Å². The van der Waals surface area contributed by atoms with Crippen LogP contribution in [-0.4, -0.2) is 35.4 Å². The van der Waals surface area contributed by atoms with Crippen LogP contribution in [0, 0.1) is 0 Å². The van der Waals surface area contributed by atoms with E-state index in [1.54, 1.807) is 6.20 Å². The number of pyridine rings is 1. The number of nitrogens with zero attached hydrogens (tertiary/aromatic N) is 3. The molecule has 0 radical (unpaired) electrons. The smallest absolute Gasteiger partial charge is 0.0634 e. The molecule has 1 fully saturated rings. The summed E-state index contributed by atoms with van der Waals surface area (Å²) < 4.78 is 0. The minimum atomic E-state index is 0.493. The average molecular weight is 330 g/mol. The van der Waals surface area contributed by atoms with Crippen LogP contribution in [0.2, 0.25) is 5.02 Å². The van der Waals surface area contributed by atoms with E-state index in [0.29, 0.717) is 6.04 Å². The molecule has 1 atom stereocenters. The molecule has 1 saturated heterocycles. The van der Waals surface area contributed by atoms with Crippen molar-refractivity contribution in [2.45, 2.75) is 32.0 Å². The van der Waals surface area contributed by atoms with Gasteiger partial charge >= 0.3 is 0 Å². The van der Waals surface area contributed by atoms with Gasteiger partial charge in [0.2, 0.25) is 0 Å². The molecule has 0 saturated carbocycles. The van der Waals surface area contributed by atoms with Crippen molar-refractivity contribution in [2.75, 3.05) is 20.6 Å². The van der Waals surface area contributed by atoms with Gasteiger partial charge in [-0.2, -0.15) is 0 Å². The van der Waals surface area contributed by atoms with Gasteiger partial charge in [0.1, 0.15) is 0 Å². The van der Waals surface area contributed by atoms with E-state index in [1.165, 1.54) is 24.0 Å². The van der Waals surface area contributed by atoms with Crippen molar-refractivity contribution in [3.05, 3.63) is 64.4 Å². The molecule has 0 spiro atoms. The summed E-state index contributed by atoms with van der Waals surface area (Å²) in [6.07, 6.45) is 6.02. The maximum Gasteiger partial charge on any atom is 0.0634 e. The summed E-state index contributed by atoms with van der Waals surface area (Å²) in [6, 6.07) is 11.6. The Morgan fingerprint density at radius 2 is 2.00 bits per heavy atom. The first-order valence-corrected chi connectivity index (χ1v) is 8.57. The van der Waals surface area contributed by atoms with Crippen LogP contribution in [0.15, 0.2) is 42.7 Å². The Bertz CT molecular complexity index is 639. The molecule has 2 heterocycles. The lowest BCUT2D eigenvalue weighted by Crippen LogP contribution is -2.23. The number of hydrogen-bond acceptors (Lipinski definition) is 3. The van der Waals surface area contributed by atoms with Crippen molar-refractivity contribution < 1.29 is 0 Å². The summed E-state index contributed by atoms with van der Waals surface area (Å²) in [5, 5.41) is 0.763. The molecule has 2 aromatic rings. The SMILES string of the molecule is CN(C)Cc1ccc(C2CCCN2Cc2ccncc2Cl)cc1. The van der Waals surface area contributed by atoms with Crippen LogP contribution in [-0.2, 0) is 13.1 Å². The molecule has 0 bridgehead atoms. The zero-order chi connectivity index (χ0) is 16.2. The Kier molecular flexibility index (Phi) is 5.31. The predicted octanol–water partition coefficient (Wildman–Crippen LogP) is 4.13. The van der Waals surface area contributed by atoms with Gasteiger partial charge in [-0.15, -0.1) is 0 Å². The van der Waals surface area contributed by atoms with E-state index in [-0.39, 0.29) is 0 Å². The highest BCUT2D eigenvalue weighted by Crippen LogP contribution is 2.34. The highest BCUT2D eigenvalue weighted by atomic mass is 35.5. The molecule has 1 aromatic carbocycles. The van der Waals surface area contributed by atoms with E-state index in [0.717, 1.165) is 30.2 Å². The van der Waals surface area contributed by atoms with E-state index in [4.69, 9.17) is 11.6 Å². The molecular weight excluding hydrogens is 306 g/mol. The van der Waals surface area contributed by atoms with Crippen molar-refractivity contribution in [1.82, 2.24) is 14.8 Å². The number of halogens is 1. The maximum atomic E-state index is 6.27. The number of rotatable bonds is 5. The lowest BCUT2D eigenvalue weighted by Gasteiger charge is -2.25. The van der Waals surface area contributed by atoms with Gasteiger partial charge in [0.25, 0.3) is 0 Å². The molecule has 122 valence electrons. The van der Waals surface area contributed by atoms with Gasteiger partial charge in [-0.1, -0.05) is 35.9 Å². The van der Waals surface area contributed by atoms with Crippen LogP contribution in [0.25, 0.3) is 0 Å². The quantitative estimate of drug-likeness (QED) is 0.822. The van der Waals surface area contributed by atoms with E-state index in [2.05, 4.69) is 53.1 Å². The number of aromatic nitrogens is 1. The molecule has 1 unspecified atom stereocenters. The number of hydrogen-bond donors (Lipinski definition) is 0. The fraction of sp³-hybridized carbons (Fsp3) is 0.421. The van der Waals surface area contributed by atoms with Crippen LogP contribution in [0.1, 0.15) is 35.6 Å². The molecule has 1 aliphatic rings. The van der Waals surface area contributed by atoms with Crippen molar-refractivity contribution in [3.8, 4) is 0 Å². The molecule has 23 heavy (non-hydrogen) atoms. The summed E-state index contributed by atoms with van der Waals surface area (Å²) in [5.74, 6) is 0. The maximum absolute atomic E-state index is 6.27. The van der Waals surface area contributed by atoms with Gasteiger partial charge < -0.3 is 4.90 Å². The van der Waals surface area contributed by atoms with E-state index >= 15 is 0 Å². The zero-order valence-corrected chi connectivity index (χ0v) is 14.6. The van der Waals surface area contributed by atoms with Crippen molar-refractivity contribution in [3.63, 3.8) is 0 Å². The predicted molar refractivity (Wildman–Crippen MR) is 95.5 cm³/mol. The topological polar surface area (TPSA) is 19.4 Å². The second-order valence-electron chi connectivity index (χ2n) is 6.57. The van der Waals surface area contributed by atoms with Gasteiger partial charge in [0.05, 0.1) is 5.02 Å². The van der Waals surface area contributed by atoms with Crippen molar-refractivity contribution in [1.29, 1.82) is 0 Å². The fourth-order valence-electron chi connectivity index (χ4n) is 3.35. The molecule has 0 aliphatic carbocycles. The average Bonchev–Trinajstić information content (AvgIpc) is 2.98. The molecule has 0 amide bonds. The molecule has 4 heteroatoms. The first kappa shape index (κ1) is 16.4. The second kappa shape index (κ2) is 7.43. The largest absolute Gasteiger partial charge is 0.305 e. The van der Waals surface area contributed by atoms with Gasteiger partial charge in [-0.05, 0) is 56.2 Å². The van der Waals surface area contributed by atoms with Crippen LogP contribution < -0.4 is 0 Å². The lowest BCUT2D eigenvalue weighted by molar-refractivity contribution is 0.248. The standard InChI is InChI=1S/C19H24ClN3/c1-22(2)13-15-5-7-16(8-6-15)19-4-3-11-23(19)14-17-9-10-21-12-18(17)20/h5-10,12,19H,3-4,11,13-14H2,1-2H3. The first-order valence-electron chi connectivity index (χ1n) is 8.19. The summed E-state index contributed by atoms with van der Waals surface area (Å²) >= 11 is 6.27. The Hall–Kier alpha value is -1.42. The van der Waals surface area contributed by atoms with Crippen LogP contribution in [0.3, 0.4) is 0 Å². The van der Waals surface area contributed by atoms with Gasteiger partial charge in [0.15, 0.2) is 0 Å². The molecule has 3 rings (SSSR count). The van der Waals surface area contributed by atoms with E-state index < -0.39 is 0 Å². The first-order chi connectivity index (χ1) is 11.1. The number of benzene rings is 1. The summed E-state index contributed by atoms with van der Waals surface area (Å²) in [5.41, 5.74) is 3.94. The van der Waals surface area contributed by atoms with Crippen LogP contribution in [0.5, 0.6) is 0 Å². The Morgan fingerprint density at radius 3 is 2.70 bits per heavy atom. The Morgan fingerprint density at radius 1 is 1.22 bits per heavy atom. The normalized spacial score (nSPS) is 18.7. The molecule has 1 aliphatic heterocycles. The molecule has 1 aromatic heterocycles. The van der Waals surface area contributed by atoms with Crippen LogP contribution >= 0.6 is 11.6 Å². The highest BCUT2D eigenvalue weighted by molar-refractivity contribution is 6.31. The van der Waals surface area contributed by atoms with Crippen molar-refractivity contribution >= 4 is 11.6 Å². The van der Waals surface area contributed by atoms with E-state index in [9.17, 15) is 0 Å². The Balaban J connectivity index is 1.72. The summed E-state index contributed by atoms with van der Waals surface area (Å²) in [7, 11) is 4.20. The molecule has 0 N–H and O–H groups in total. The van der Waals surface area contributed by atoms with Crippen molar-refractivity contribution in [2.24, 2.45) is 0 Å². The third-order valence-corrected chi connectivity index (χ3v) is 4.80. The van der Waals surface area contributed by atoms with Gasteiger partial charge in [-0.3, -0.25) is 9.88 Å². The molecule has 3 nitrogen and oxygen atoms in total. The third kappa shape index (κ3) is 4.11. The molecular formula is C19H24ClN3. The Labute approximate surface area is 143 Å².